The van der Waals surface area contributed by atoms with Gasteiger partial charge in [0, 0.05) is 31.2 Å². The highest BCUT2D eigenvalue weighted by Crippen LogP contribution is 2.42. The molecule has 0 saturated heterocycles. The summed E-state index contributed by atoms with van der Waals surface area (Å²) in [6, 6.07) is 25.0. The second-order valence-electron chi connectivity index (χ2n) is 6.55. The van der Waals surface area contributed by atoms with Gasteiger partial charge in [-0.05, 0) is 52.9 Å². The van der Waals surface area contributed by atoms with Crippen molar-refractivity contribution in [2.24, 2.45) is 5.18 Å². The van der Waals surface area contributed by atoms with E-state index in [1.807, 2.05) is 66.0 Å². The number of amides is 1. The average molecular weight is 478 g/mol. The second-order valence-corrected chi connectivity index (χ2v) is 8.38. The molecular formula is C24H16BrNO3S. The summed E-state index contributed by atoms with van der Waals surface area (Å²) in [4.78, 5) is 23.0. The van der Waals surface area contributed by atoms with Crippen molar-refractivity contribution in [1.29, 1.82) is 0 Å². The Morgan fingerprint density at radius 3 is 2.43 bits per heavy atom. The van der Waals surface area contributed by atoms with Gasteiger partial charge in [-0.2, -0.15) is 0 Å². The van der Waals surface area contributed by atoms with Crippen molar-refractivity contribution >= 4 is 33.2 Å². The number of hydrogen-bond donors (Lipinski definition) is 0. The molecule has 0 aliphatic carbocycles. The lowest BCUT2D eigenvalue weighted by Gasteiger charge is -2.13. The first-order valence-corrected chi connectivity index (χ1v) is 10.9. The van der Waals surface area contributed by atoms with Crippen molar-refractivity contribution < 1.29 is 9.53 Å². The van der Waals surface area contributed by atoms with Crippen molar-refractivity contribution in [1.82, 2.24) is 0 Å². The highest BCUT2D eigenvalue weighted by atomic mass is 79.9. The maximum Gasteiger partial charge on any atom is 0.316 e. The van der Waals surface area contributed by atoms with Crippen LogP contribution in [-0.2, 0) is 6.61 Å². The molecule has 1 heterocycles. The highest BCUT2D eigenvalue weighted by Gasteiger charge is 2.15. The Morgan fingerprint density at radius 1 is 0.933 bits per heavy atom. The van der Waals surface area contributed by atoms with Gasteiger partial charge in [0.15, 0.2) is 0 Å². The van der Waals surface area contributed by atoms with Gasteiger partial charge in [-0.25, -0.2) is 0 Å². The molecule has 0 unspecified atom stereocenters. The fourth-order valence-electron chi connectivity index (χ4n) is 3.14. The smallest absolute Gasteiger partial charge is 0.316 e. The van der Waals surface area contributed by atoms with Crippen molar-refractivity contribution in [3.05, 3.63) is 105 Å². The van der Waals surface area contributed by atoms with E-state index in [0.717, 1.165) is 37.4 Å². The number of carbonyl (C=O) groups is 1. The van der Waals surface area contributed by atoms with E-state index in [4.69, 9.17) is 4.74 Å². The van der Waals surface area contributed by atoms with E-state index in [1.54, 1.807) is 23.5 Å². The third-order valence-corrected chi connectivity index (χ3v) is 6.07. The van der Waals surface area contributed by atoms with Crippen LogP contribution >= 0.6 is 27.3 Å². The fourth-order valence-corrected chi connectivity index (χ4v) is 4.41. The third-order valence-electron chi connectivity index (χ3n) is 4.61. The zero-order chi connectivity index (χ0) is 20.9. The van der Waals surface area contributed by atoms with Gasteiger partial charge in [0.05, 0.1) is 0 Å². The molecular weight excluding hydrogens is 462 g/mol. The Hall–Kier alpha value is -3.09. The summed E-state index contributed by atoms with van der Waals surface area (Å²) in [6.07, 6.45) is 0. The van der Waals surface area contributed by atoms with Gasteiger partial charge in [-0.1, -0.05) is 58.4 Å². The van der Waals surface area contributed by atoms with Crippen molar-refractivity contribution in [3.8, 4) is 27.3 Å². The molecule has 0 saturated carbocycles. The predicted molar refractivity (Wildman–Crippen MR) is 124 cm³/mol. The van der Waals surface area contributed by atoms with Gasteiger partial charge in [0.2, 0.25) is 0 Å². The Bertz CT molecular complexity index is 1190. The van der Waals surface area contributed by atoms with E-state index >= 15 is 0 Å². The van der Waals surface area contributed by atoms with Crippen LogP contribution in [0.3, 0.4) is 0 Å². The van der Waals surface area contributed by atoms with Gasteiger partial charge in [-0.3, -0.25) is 4.79 Å². The van der Waals surface area contributed by atoms with Gasteiger partial charge < -0.3 is 4.74 Å². The van der Waals surface area contributed by atoms with Gasteiger partial charge in [-0.15, -0.1) is 16.2 Å². The van der Waals surface area contributed by atoms with E-state index in [9.17, 15) is 9.70 Å². The van der Waals surface area contributed by atoms with E-state index in [1.165, 1.54) is 0 Å². The van der Waals surface area contributed by atoms with Gasteiger partial charge >= 0.3 is 5.91 Å². The monoisotopic (exact) mass is 477 g/mol. The molecule has 0 fully saturated rings. The minimum atomic E-state index is -0.767. The molecule has 0 bridgehead atoms. The average Bonchev–Trinajstić information content (AvgIpc) is 3.28. The first-order valence-electron chi connectivity index (χ1n) is 9.18. The van der Waals surface area contributed by atoms with Crippen LogP contribution in [0.25, 0.3) is 21.6 Å². The first-order chi connectivity index (χ1) is 14.7. The highest BCUT2D eigenvalue weighted by molar-refractivity contribution is 9.10. The Kier molecular flexibility index (Phi) is 6.16. The largest absolute Gasteiger partial charge is 0.488 e. The van der Waals surface area contributed by atoms with Crippen LogP contribution in [0.15, 0.2) is 93.9 Å². The van der Waals surface area contributed by atoms with E-state index in [2.05, 4.69) is 27.2 Å². The fraction of sp³-hybridized carbons (Fsp3) is 0.0417. The zero-order valence-electron chi connectivity index (χ0n) is 15.7. The molecule has 3 aromatic carbocycles. The Balaban J connectivity index is 1.68. The summed E-state index contributed by atoms with van der Waals surface area (Å²) in [5.74, 6) is 0.0233. The second kappa shape index (κ2) is 9.15. The normalized spacial score (nSPS) is 10.6. The number of hydrogen-bond acceptors (Lipinski definition) is 4. The predicted octanol–water partition coefficient (Wildman–Crippen LogP) is 7.33. The quantitative estimate of drug-likeness (QED) is 0.273. The molecule has 30 heavy (non-hydrogen) atoms. The van der Waals surface area contributed by atoms with Crippen molar-refractivity contribution in [2.45, 2.75) is 6.61 Å². The molecule has 0 aliphatic heterocycles. The number of thiophene rings is 1. The lowest BCUT2D eigenvalue weighted by atomic mass is 10.0. The van der Waals surface area contributed by atoms with Gasteiger partial charge in [0.1, 0.15) is 12.4 Å². The molecule has 4 rings (SSSR count). The molecule has 4 nitrogen and oxygen atoms in total. The van der Waals surface area contributed by atoms with E-state index in [0.29, 0.717) is 6.61 Å². The van der Waals surface area contributed by atoms with Gasteiger partial charge in [0.25, 0.3) is 0 Å². The van der Waals surface area contributed by atoms with E-state index in [-0.39, 0.29) is 5.56 Å². The molecule has 0 N–H and O–H groups in total. The topological polar surface area (TPSA) is 55.7 Å². The molecule has 148 valence electrons. The minimum Gasteiger partial charge on any atom is -0.488 e. The van der Waals surface area contributed by atoms with Crippen molar-refractivity contribution in [2.75, 3.05) is 0 Å². The molecule has 0 atom stereocenters. The number of nitroso groups, excluding NO2 is 1. The van der Waals surface area contributed by atoms with Crippen LogP contribution in [0.1, 0.15) is 15.9 Å². The number of rotatable bonds is 6. The number of halogens is 1. The summed E-state index contributed by atoms with van der Waals surface area (Å²) in [5.41, 5.74) is 4.35. The first kappa shape index (κ1) is 20.2. The Morgan fingerprint density at radius 2 is 1.70 bits per heavy atom. The summed E-state index contributed by atoms with van der Waals surface area (Å²) >= 11 is 5.17. The molecule has 4 aromatic rings. The van der Waals surface area contributed by atoms with Crippen LogP contribution < -0.4 is 4.74 Å². The number of ether oxygens (including phenoxy) is 1. The lowest BCUT2D eigenvalue weighted by Crippen LogP contribution is -1.97. The molecule has 0 spiro atoms. The molecule has 6 heteroatoms. The molecule has 1 amide bonds. The minimum absolute atomic E-state index is 0.279. The molecule has 0 radical (unpaired) electrons. The molecule has 0 aliphatic rings. The Labute approximate surface area is 186 Å². The van der Waals surface area contributed by atoms with Crippen LogP contribution in [0.2, 0.25) is 0 Å². The van der Waals surface area contributed by atoms with Crippen LogP contribution in [0.5, 0.6) is 5.75 Å². The number of benzene rings is 3. The maximum absolute atomic E-state index is 11.5. The summed E-state index contributed by atoms with van der Waals surface area (Å²) in [7, 11) is 0. The third kappa shape index (κ3) is 4.40. The van der Waals surface area contributed by atoms with Crippen LogP contribution in [0, 0.1) is 4.91 Å². The van der Waals surface area contributed by atoms with Crippen LogP contribution in [-0.4, -0.2) is 5.91 Å². The molecule has 1 aromatic heterocycles. The standard InChI is InChI=1S/C24H16BrNO3S/c25-19-10-11-22(29-15-16-4-2-1-3-5-16)21(14-19)20-12-13-30-23(20)17-6-8-18(9-7-17)24(27)26-28/h1-14H,15H2. The summed E-state index contributed by atoms with van der Waals surface area (Å²) in [5, 5.41) is 4.50. The summed E-state index contributed by atoms with van der Waals surface area (Å²) < 4.78 is 7.11. The summed E-state index contributed by atoms with van der Waals surface area (Å²) in [6.45, 7) is 0.477. The SMILES string of the molecule is O=NC(=O)c1ccc(-c2sccc2-c2cc(Br)ccc2OCc2ccccc2)cc1. The maximum atomic E-state index is 11.5. The van der Waals surface area contributed by atoms with E-state index < -0.39 is 5.91 Å². The number of carbonyl (C=O) groups excluding carboxylic acids is 1. The van der Waals surface area contributed by atoms with Crippen LogP contribution in [0.4, 0.5) is 0 Å². The number of nitrogens with zero attached hydrogens (tertiary/aromatic N) is 1. The van der Waals surface area contributed by atoms with Crippen molar-refractivity contribution in [3.63, 3.8) is 0 Å². The lowest BCUT2D eigenvalue weighted by molar-refractivity contribution is 0.100. The zero-order valence-corrected chi connectivity index (χ0v) is 18.2.